The number of hydrogen-bond acceptors (Lipinski definition) is 4. The normalized spacial score (nSPS) is 8.90. The van der Waals surface area contributed by atoms with Crippen LogP contribution >= 0.6 is 11.3 Å². The molecule has 4 nitrogen and oxygen atoms in total. The number of anilines is 1. The Morgan fingerprint density at radius 3 is 2.70 bits per heavy atom. The minimum absolute atomic E-state index is 0. The number of thiol groups is 1. The summed E-state index contributed by atoms with van der Waals surface area (Å²) in [5.41, 5.74) is 0. The predicted molar refractivity (Wildman–Crippen MR) is 43.2 cm³/mol. The van der Waals surface area contributed by atoms with Gasteiger partial charge in [-0.15, -0.1) is 11.3 Å². The summed E-state index contributed by atoms with van der Waals surface area (Å²) < 4.78 is 22.1. The van der Waals surface area contributed by atoms with Gasteiger partial charge in [-0.05, 0) is 0 Å². The molecule has 0 aliphatic carbocycles. The van der Waals surface area contributed by atoms with Crippen molar-refractivity contribution in [3.63, 3.8) is 0 Å². The molecule has 7 heteroatoms. The van der Waals surface area contributed by atoms with Gasteiger partial charge in [0.2, 0.25) is 10.9 Å². The number of nitrogens with zero attached hydrogens (tertiary/aromatic N) is 1. The third-order valence-corrected chi connectivity index (χ3v) is 1.85. The first-order valence-electron chi connectivity index (χ1n) is 2.09. The zero-order valence-electron chi connectivity index (χ0n) is 4.27. The quantitative estimate of drug-likeness (QED) is 0.483. The molecule has 0 saturated heterocycles. The molecule has 52 valence electrons. The molecular formula is C3H5N2NaO2S2. The Morgan fingerprint density at radius 1 is 1.60 bits per heavy atom. The van der Waals surface area contributed by atoms with Crippen LogP contribution in [0.5, 0.6) is 0 Å². The maximum atomic E-state index is 9.96. The third-order valence-electron chi connectivity index (χ3n) is 0.619. The Kier molecular flexibility index (Phi) is 5.28. The first kappa shape index (κ1) is 10.4. The molecule has 1 heterocycles. The first-order valence-corrected chi connectivity index (χ1v) is 4.15. The van der Waals surface area contributed by atoms with Crippen LogP contribution in [0.1, 0.15) is 0 Å². The number of thiazole rings is 1. The van der Waals surface area contributed by atoms with Crippen LogP contribution in [0.3, 0.4) is 0 Å². The summed E-state index contributed by atoms with van der Waals surface area (Å²) >= 11 is 1.25. The molecule has 0 saturated carbocycles. The van der Waals surface area contributed by atoms with Gasteiger partial charge in [0, 0.05) is 11.6 Å². The van der Waals surface area contributed by atoms with Crippen LogP contribution in [0, 0.1) is 0 Å². The maximum absolute atomic E-state index is 9.96. The average Bonchev–Trinajstić information content (AvgIpc) is 2.15. The van der Waals surface area contributed by atoms with E-state index in [-0.39, 0.29) is 29.6 Å². The number of rotatable bonds is 2. The van der Waals surface area contributed by atoms with Crippen LogP contribution in [-0.2, 0) is 10.9 Å². The zero-order valence-corrected chi connectivity index (χ0v) is 5.98. The van der Waals surface area contributed by atoms with Crippen molar-refractivity contribution in [2.45, 2.75) is 0 Å². The Hall–Kier alpha value is 0.380. The van der Waals surface area contributed by atoms with E-state index in [1.807, 2.05) is 0 Å². The van der Waals surface area contributed by atoms with Crippen LogP contribution in [0.15, 0.2) is 11.6 Å². The van der Waals surface area contributed by atoms with Crippen molar-refractivity contribution < 1.29 is 8.42 Å². The molecule has 0 amide bonds. The van der Waals surface area contributed by atoms with Crippen LogP contribution in [0.2, 0.25) is 0 Å². The van der Waals surface area contributed by atoms with Crippen molar-refractivity contribution in [1.29, 1.82) is 0 Å². The van der Waals surface area contributed by atoms with Crippen molar-refractivity contribution in [2.75, 3.05) is 4.72 Å². The van der Waals surface area contributed by atoms with Crippen LogP contribution in [0.25, 0.3) is 0 Å². The van der Waals surface area contributed by atoms with Gasteiger partial charge in [0.1, 0.15) is 0 Å². The van der Waals surface area contributed by atoms with E-state index in [9.17, 15) is 8.42 Å². The molecule has 0 spiro atoms. The van der Waals surface area contributed by atoms with E-state index < -0.39 is 10.9 Å². The molecule has 0 aromatic carbocycles. The van der Waals surface area contributed by atoms with E-state index in [1.54, 1.807) is 5.38 Å². The predicted octanol–water partition coefficient (Wildman–Crippen LogP) is -0.567. The molecule has 0 bridgehead atoms. The number of hydrogen-bond donors (Lipinski definition) is 2. The van der Waals surface area contributed by atoms with E-state index in [2.05, 4.69) is 9.71 Å². The first-order chi connectivity index (χ1) is 4.29. The summed E-state index contributed by atoms with van der Waals surface area (Å²) in [6.07, 6.45) is 1.53. The SMILES string of the molecule is O=[SH](=O)Nc1nccs1.[NaH]. The Morgan fingerprint density at radius 2 is 2.30 bits per heavy atom. The van der Waals surface area contributed by atoms with Gasteiger partial charge in [0.15, 0.2) is 5.13 Å². The number of nitrogens with one attached hydrogen (secondary N) is 1. The second kappa shape index (κ2) is 5.09. The third kappa shape index (κ3) is 3.52. The second-order valence-corrected chi connectivity index (χ2v) is 2.84. The van der Waals surface area contributed by atoms with E-state index in [0.717, 1.165) is 0 Å². The van der Waals surface area contributed by atoms with Gasteiger partial charge < -0.3 is 0 Å². The molecule has 0 atom stereocenters. The molecular weight excluding hydrogens is 183 g/mol. The van der Waals surface area contributed by atoms with Crippen LogP contribution in [-0.4, -0.2) is 43.0 Å². The van der Waals surface area contributed by atoms with Crippen molar-refractivity contribution in [3.05, 3.63) is 11.6 Å². The van der Waals surface area contributed by atoms with Crippen molar-refractivity contribution >= 4 is 56.9 Å². The van der Waals surface area contributed by atoms with Gasteiger partial charge in [-0.3, -0.25) is 4.72 Å². The van der Waals surface area contributed by atoms with Gasteiger partial charge in [-0.2, -0.15) is 0 Å². The van der Waals surface area contributed by atoms with Crippen molar-refractivity contribution in [2.24, 2.45) is 0 Å². The topological polar surface area (TPSA) is 59.1 Å². The molecule has 1 aromatic heterocycles. The van der Waals surface area contributed by atoms with Gasteiger partial charge >= 0.3 is 29.6 Å². The Labute approximate surface area is 86.0 Å². The molecule has 0 fully saturated rings. The van der Waals surface area contributed by atoms with E-state index in [1.165, 1.54) is 17.5 Å². The van der Waals surface area contributed by atoms with E-state index >= 15 is 0 Å². The monoisotopic (exact) mass is 188 g/mol. The molecule has 0 aliphatic heterocycles. The summed E-state index contributed by atoms with van der Waals surface area (Å²) in [5, 5.41) is 2.10. The summed E-state index contributed by atoms with van der Waals surface area (Å²) in [5.74, 6) is 0. The zero-order chi connectivity index (χ0) is 6.69. The summed E-state index contributed by atoms with van der Waals surface area (Å²) in [6.45, 7) is 0. The Bertz CT molecular complexity index is 237. The van der Waals surface area contributed by atoms with Crippen molar-refractivity contribution in [1.82, 2.24) is 4.98 Å². The summed E-state index contributed by atoms with van der Waals surface area (Å²) in [4.78, 5) is 3.68. The van der Waals surface area contributed by atoms with Crippen LogP contribution in [0.4, 0.5) is 5.13 Å². The minimum atomic E-state index is -2.55. The van der Waals surface area contributed by atoms with Gasteiger partial charge in [0.05, 0.1) is 0 Å². The molecule has 10 heavy (non-hydrogen) atoms. The molecule has 0 aliphatic rings. The molecule has 1 N–H and O–H groups in total. The molecule has 0 radical (unpaired) electrons. The Balaban J connectivity index is 0.000000810. The fourth-order valence-corrected chi connectivity index (χ4v) is 1.38. The molecule has 1 aromatic rings. The second-order valence-electron chi connectivity index (χ2n) is 1.21. The van der Waals surface area contributed by atoms with Crippen LogP contribution < -0.4 is 4.72 Å². The summed E-state index contributed by atoms with van der Waals surface area (Å²) in [7, 11) is -2.55. The summed E-state index contributed by atoms with van der Waals surface area (Å²) in [6, 6.07) is 0. The molecule has 0 unspecified atom stereocenters. The van der Waals surface area contributed by atoms with E-state index in [4.69, 9.17) is 0 Å². The standard InChI is InChI=1S/C3H4N2O2S2.Na.H/c6-9(7)5-3-4-1-2-8-3;;/h1-2,9H,(H,4,5,6,7);;. The number of aromatic nitrogens is 1. The fourth-order valence-electron chi connectivity index (χ4n) is 0.357. The van der Waals surface area contributed by atoms with Gasteiger partial charge in [-0.1, -0.05) is 0 Å². The van der Waals surface area contributed by atoms with Crippen molar-refractivity contribution in [3.8, 4) is 0 Å². The average molecular weight is 188 g/mol. The van der Waals surface area contributed by atoms with Gasteiger partial charge in [0.25, 0.3) is 0 Å². The molecule has 1 rings (SSSR count). The van der Waals surface area contributed by atoms with E-state index in [0.29, 0.717) is 5.13 Å². The van der Waals surface area contributed by atoms with Gasteiger partial charge in [-0.25, -0.2) is 13.4 Å². The fraction of sp³-hybridized carbons (Fsp3) is 0.